The van der Waals surface area contributed by atoms with Crippen LogP contribution in [0.1, 0.15) is 12.8 Å². The van der Waals surface area contributed by atoms with Gasteiger partial charge < -0.3 is 15.8 Å². The summed E-state index contributed by atoms with van der Waals surface area (Å²) in [6.45, 7) is 0.454. The van der Waals surface area contributed by atoms with Crippen LogP contribution < -0.4 is 11.1 Å². The minimum absolute atomic E-state index is 0. The number of hydrogen-bond acceptors (Lipinski definition) is 5. The van der Waals surface area contributed by atoms with E-state index in [4.69, 9.17) is 10.5 Å². The summed E-state index contributed by atoms with van der Waals surface area (Å²) >= 11 is 0. The fourth-order valence-corrected chi connectivity index (χ4v) is 2.32. The normalized spacial score (nSPS) is 20.4. The summed E-state index contributed by atoms with van der Waals surface area (Å²) in [4.78, 5) is 13.6. The Labute approximate surface area is 134 Å². The van der Waals surface area contributed by atoms with Crippen LogP contribution in [0.25, 0.3) is 5.69 Å². The third kappa shape index (κ3) is 3.62. The lowest BCUT2D eigenvalue weighted by molar-refractivity contribution is -0.126. The molecule has 118 valence electrons. The summed E-state index contributed by atoms with van der Waals surface area (Å²) in [7, 11) is 0. The first-order valence-corrected chi connectivity index (χ1v) is 6.89. The van der Waals surface area contributed by atoms with Gasteiger partial charge in [0, 0.05) is 12.2 Å². The Morgan fingerprint density at radius 1 is 1.27 bits per heavy atom. The van der Waals surface area contributed by atoms with E-state index in [2.05, 4.69) is 15.5 Å². The molecule has 1 amide bonds. The molecule has 1 aromatic heterocycles. The number of ether oxygens (including phenoxy) is 1. The van der Waals surface area contributed by atoms with Crippen LogP contribution in [0.2, 0.25) is 0 Å². The number of carbonyl (C=O) groups excluding carboxylic acids is 1. The van der Waals surface area contributed by atoms with Crippen LogP contribution >= 0.6 is 12.4 Å². The zero-order valence-electron chi connectivity index (χ0n) is 11.9. The van der Waals surface area contributed by atoms with Crippen molar-refractivity contribution in [3.05, 3.63) is 36.7 Å². The summed E-state index contributed by atoms with van der Waals surface area (Å²) in [5.41, 5.74) is 7.09. The molecule has 7 nitrogen and oxygen atoms in total. The Hall–Kier alpha value is -1.96. The van der Waals surface area contributed by atoms with Crippen LogP contribution in [0.15, 0.2) is 36.7 Å². The lowest BCUT2D eigenvalue weighted by Crippen LogP contribution is -2.29. The van der Waals surface area contributed by atoms with E-state index in [1.165, 1.54) is 4.80 Å². The van der Waals surface area contributed by atoms with Crippen molar-refractivity contribution in [1.29, 1.82) is 0 Å². The van der Waals surface area contributed by atoms with E-state index in [0.29, 0.717) is 13.0 Å². The molecule has 1 saturated heterocycles. The van der Waals surface area contributed by atoms with Gasteiger partial charge in [0.2, 0.25) is 0 Å². The van der Waals surface area contributed by atoms with Crippen molar-refractivity contribution in [1.82, 2.24) is 15.0 Å². The van der Waals surface area contributed by atoms with E-state index in [1.807, 2.05) is 24.3 Å². The third-order valence-corrected chi connectivity index (χ3v) is 3.45. The fraction of sp³-hybridized carbons (Fsp3) is 0.357. The molecule has 2 aromatic rings. The molecule has 0 radical (unpaired) electrons. The number of hydrogen-bond donors (Lipinski definition) is 2. The number of nitrogens with zero attached hydrogens (tertiary/aromatic N) is 3. The van der Waals surface area contributed by atoms with Gasteiger partial charge in [0.1, 0.15) is 6.10 Å². The molecule has 0 saturated carbocycles. The molecule has 0 spiro atoms. The van der Waals surface area contributed by atoms with Gasteiger partial charge >= 0.3 is 0 Å². The fourth-order valence-electron chi connectivity index (χ4n) is 2.32. The Morgan fingerprint density at radius 3 is 2.55 bits per heavy atom. The largest absolute Gasteiger partial charge is 0.364 e. The summed E-state index contributed by atoms with van der Waals surface area (Å²) in [6, 6.07) is 7.31. The molecule has 2 heterocycles. The SMILES string of the molecule is Cl.NC[C@H]1CC[C@@H](C(=O)Nc2ccc(-n3nccn3)cc2)O1. The topological polar surface area (TPSA) is 95.1 Å². The second-order valence-corrected chi connectivity index (χ2v) is 4.91. The number of benzene rings is 1. The molecule has 0 unspecified atom stereocenters. The lowest BCUT2D eigenvalue weighted by Gasteiger charge is -2.12. The summed E-state index contributed by atoms with van der Waals surface area (Å²) in [6.07, 6.45) is 4.35. The first-order valence-electron chi connectivity index (χ1n) is 6.89. The molecule has 1 aliphatic rings. The number of anilines is 1. The quantitative estimate of drug-likeness (QED) is 0.879. The predicted octanol–water partition coefficient (Wildman–Crippen LogP) is 1.13. The van der Waals surface area contributed by atoms with Crippen LogP contribution in [0, 0.1) is 0 Å². The maximum absolute atomic E-state index is 12.1. The van der Waals surface area contributed by atoms with Crippen LogP contribution in [0.5, 0.6) is 0 Å². The summed E-state index contributed by atoms with van der Waals surface area (Å²) < 4.78 is 5.57. The van der Waals surface area contributed by atoms with Crippen LogP contribution in [-0.4, -0.2) is 39.7 Å². The van der Waals surface area contributed by atoms with E-state index < -0.39 is 6.10 Å². The smallest absolute Gasteiger partial charge is 0.253 e. The molecule has 3 rings (SSSR count). The van der Waals surface area contributed by atoms with Gasteiger partial charge in [-0.05, 0) is 37.1 Å². The number of carbonyl (C=O) groups is 1. The van der Waals surface area contributed by atoms with Crippen LogP contribution in [-0.2, 0) is 9.53 Å². The van der Waals surface area contributed by atoms with E-state index in [1.54, 1.807) is 12.4 Å². The summed E-state index contributed by atoms with van der Waals surface area (Å²) in [5, 5.41) is 10.9. The standard InChI is InChI=1S/C14H17N5O2.ClH/c15-9-12-5-6-13(21-12)14(20)18-10-1-3-11(4-2-10)19-16-7-8-17-19;/h1-4,7-8,12-13H,5-6,9,15H2,(H,18,20);1H/t12-,13+;/m1./s1. The third-order valence-electron chi connectivity index (χ3n) is 3.45. The van der Waals surface area contributed by atoms with Crippen molar-refractivity contribution in [2.45, 2.75) is 25.0 Å². The van der Waals surface area contributed by atoms with Gasteiger partial charge in [-0.1, -0.05) is 0 Å². The van der Waals surface area contributed by atoms with Crippen molar-refractivity contribution in [2.75, 3.05) is 11.9 Å². The van der Waals surface area contributed by atoms with Gasteiger partial charge in [-0.15, -0.1) is 12.4 Å². The number of rotatable bonds is 4. The highest BCUT2D eigenvalue weighted by Crippen LogP contribution is 2.20. The van der Waals surface area contributed by atoms with Gasteiger partial charge in [0.05, 0.1) is 24.2 Å². The Bertz CT molecular complexity index is 602. The molecule has 2 atom stereocenters. The average Bonchev–Trinajstić information content (AvgIpc) is 3.19. The average molecular weight is 324 g/mol. The number of nitrogens with one attached hydrogen (secondary N) is 1. The zero-order valence-corrected chi connectivity index (χ0v) is 12.7. The molecule has 0 bridgehead atoms. The predicted molar refractivity (Wildman–Crippen MR) is 84.2 cm³/mol. The summed E-state index contributed by atoms with van der Waals surface area (Å²) in [5.74, 6) is -0.129. The highest BCUT2D eigenvalue weighted by atomic mass is 35.5. The molecule has 8 heteroatoms. The Kier molecular flexibility index (Phi) is 5.48. The minimum atomic E-state index is -0.411. The maximum Gasteiger partial charge on any atom is 0.253 e. The number of halogens is 1. The minimum Gasteiger partial charge on any atom is -0.364 e. The second kappa shape index (κ2) is 7.35. The Balaban J connectivity index is 0.00000176. The van der Waals surface area contributed by atoms with Gasteiger partial charge in [0.25, 0.3) is 5.91 Å². The monoisotopic (exact) mass is 323 g/mol. The second-order valence-electron chi connectivity index (χ2n) is 4.91. The van der Waals surface area contributed by atoms with E-state index in [0.717, 1.165) is 17.8 Å². The van der Waals surface area contributed by atoms with Gasteiger partial charge in [-0.25, -0.2) is 0 Å². The van der Waals surface area contributed by atoms with Crippen molar-refractivity contribution in [3.63, 3.8) is 0 Å². The first-order chi connectivity index (χ1) is 10.3. The Morgan fingerprint density at radius 2 is 1.95 bits per heavy atom. The molecule has 1 aliphatic heterocycles. The van der Waals surface area contributed by atoms with E-state index in [-0.39, 0.29) is 24.4 Å². The van der Waals surface area contributed by atoms with Crippen molar-refractivity contribution in [3.8, 4) is 5.69 Å². The molecule has 1 aromatic carbocycles. The molecular formula is C14H18ClN5O2. The lowest BCUT2D eigenvalue weighted by atomic mass is 10.2. The molecule has 1 fully saturated rings. The van der Waals surface area contributed by atoms with E-state index >= 15 is 0 Å². The first kappa shape index (κ1) is 16.4. The van der Waals surface area contributed by atoms with Gasteiger partial charge in [-0.3, -0.25) is 4.79 Å². The number of nitrogens with two attached hydrogens (primary N) is 1. The molecule has 22 heavy (non-hydrogen) atoms. The van der Waals surface area contributed by atoms with Gasteiger partial charge in [0.15, 0.2) is 0 Å². The number of aromatic nitrogens is 3. The van der Waals surface area contributed by atoms with Crippen LogP contribution in [0.3, 0.4) is 0 Å². The van der Waals surface area contributed by atoms with Crippen LogP contribution in [0.4, 0.5) is 5.69 Å². The molecule has 3 N–H and O–H groups in total. The molecular weight excluding hydrogens is 306 g/mol. The maximum atomic E-state index is 12.1. The zero-order chi connectivity index (χ0) is 14.7. The van der Waals surface area contributed by atoms with Crippen molar-refractivity contribution in [2.24, 2.45) is 5.73 Å². The highest BCUT2D eigenvalue weighted by Gasteiger charge is 2.29. The van der Waals surface area contributed by atoms with Gasteiger partial charge in [-0.2, -0.15) is 15.0 Å². The van der Waals surface area contributed by atoms with Crippen molar-refractivity contribution < 1.29 is 9.53 Å². The van der Waals surface area contributed by atoms with Crippen molar-refractivity contribution >= 4 is 24.0 Å². The van der Waals surface area contributed by atoms with E-state index in [9.17, 15) is 4.79 Å². The molecule has 0 aliphatic carbocycles. The number of amides is 1. The highest BCUT2D eigenvalue weighted by molar-refractivity contribution is 5.94.